The highest BCUT2D eigenvalue weighted by Crippen LogP contribution is 2.15. The van der Waals surface area contributed by atoms with Gasteiger partial charge in [-0.3, -0.25) is 24.3 Å². The van der Waals surface area contributed by atoms with E-state index in [1.54, 1.807) is 12.4 Å². The highest BCUT2D eigenvalue weighted by Gasteiger charge is 2.22. The van der Waals surface area contributed by atoms with Crippen LogP contribution in [0.1, 0.15) is 41.4 Å². The van der Waals surface area contributed by atoms with Crippen LogP contribution in [0.3, 0.4) is 0 Å². The normalized spacial score (nSPS) is 14.8. The molecule has 23 heavy (non-hydrogen) atoms. The van der Waals surface area contributed by atoms with E-state index in [1.807, 2.05) is 17.7 Å². The third-order valence-corrected chi connectivity index (χ3v) is 4.05. The molecule has 0 radical (unpaired) electrons. The maximum atomic E-state index is 12.3. The summed E-state index contributed by atoms with van der Waals surface area (Å²) in [6.07, 6.45) is 3.37. The molecule has 0 fully saturated rings. The molecule has 122 valence electrons. The molecular weight excluding hydrogens is 292 g/mol. The molecule has 0 bridgehead atoms. The molecule has 0 aliphatic carbocycles. The summed E-state index contributed by atoms with van der Waals surface area (Å²) in [5, 5.41) is 7.26. The summed E-state index contributed by atoms with van der Waals surface area (Å²) in [5.74, 6) is -0.176. The minimum Gasteiger partial charge on any atom is -0.345 e. The molecule has 1 aliphatic rings. The first-order valence-electron chi connectivity index (χ1n) is 7.89. The van der Waals surface area contributed by atoms with Gasteiger partial charge in [0.15, 0.2) is 5.69 Å². The van der Waals surface area contributed by atoms with E-state index in [0.717, 1.165) is 36.7 Å². The summed E-state index contributed by atoms with van der Waals surface area (Å²) in [5.41, 5.74) is 3.14. The number of fused-ring (bicyclic) bond motifs is 1. The molecule has 0 aromatic carbocycles. The maximum Gasteiger partial charge on any atom is 0.272 e. The van der Waals surface area contributed by atoms with Crippen molar-refractivity contribution in [1.29, 1.82) is 0 Å². The van der Waals surface area contributed by atoms with E-state index in [1.165, 1.54) is 0 Å². The molecule has 1 aliphatic heterocycles. The predicted octanol–water partition coefficient (Wildman–Crippen LogP) is 1.14. The number of nitrogens with one attached hydrogen (secondary N) is 1. The van der Waals surface area contributed by atoms with Gasteiger partial charge >= 0.3 is 0 Å². The van der Waals surface area contributed by atoms with Gasteiger partial charge in [-0.2, -0.15) is 5.10 Å². The van der Waals surface area contributed by atoms with Crippen LogP contribution in [-0.2, 0) is 19.6 Å². The maximum absolute atomic E-state index is 12.3. The fourth-order valence-corrected chi connectivity index (χ4v) is 2.61. The van der Waals surface area contributed by atoms with E-state index in [4.69, 9.17) is 0 Å². The zero-order valence-corrected chi connectivity index (χ0v) is 13.8. The number of hydrogen-bond donors (Lipinski definition) is 1. The number of nitrogens with zero attached hydrogens (tertiary/aromatic N) is 5. The van der Waals surface area contributed by atoms with E-state index < -0.39 is 0 Å². The molecule has 0 saturated heterocycles. The second kappa shape index (κ2) is 6.45. The molecule has 0 atom stereocenters. The Bertz CT molecular complexity index is 691. The van der Waals surface area contributed by atoms with E-state index in [0.29, 0.717) is 18.3 Å². The topological polar surface area (TPSA) is 75.9 Å². The van der Waals surface area contributed by atoms with E-state index in [2.05, 4.69) is 39.1 Å². The van der Waals surface area contributed by atoms with Gasteiger partial charge in [-0.25, -0.2) is 0 Å². The van der Waals surface area contributed by atoms with Gasteiger partial charge in [-0.15, -0.1) is 0 Å². The minimum atomic E-state index is -0.176. The standard InChI is InChI=1S/C16H22N6O/c1-11(2)21-4-5-22-14(10-21)6-15(20-22)16(23)19-9-13-8-17-12(3)7-18-13/h6-8,11H,4-5,9-10H2,1-3H3,(H,19,23). The summed E-state index contributed by atoms with van der Waals surface area (Å²) in [7, 11) is 0. The van der Waals surface area contributed by atoms with Gasteiger partial charge in [0, 0.05) is 25.3 Å². The third-order valence-electron chi connectivity index (χ3n) is 4.05. The molecule has 1 N–H and O–H groups in total. The summed E-state index contributed by atoms with van der Waals surface area (Å²) in [6.45, 7) is 9.22. The first-order chi connectivity index (χ1) is 11.0. The molecule has 3 rings (SSSR count). The molecular formula is C16H22N6O. The predicted molar refractivity (Wildman–Crippen MR) is 85.7 cm³/mol. The minimum absolute atomic E-state index is 0.176. The smallest absolute Gasteiger partial charge is 0.272 e. The number of rotatable bonds is 4. The SMILES string of the molecule is Cc1cnc(CNC(=O)c2cc3n(n2)CCN(C(C)C)C3)cn1. The van der Waals surface area contributed by atoms with Gasteiger partial charge in [0.05, 0.1) is 36.4 Å². The van der Waals surface area contributed by atoms with Crippen molar-refractivity contribution in [2.45, 2.75) is 46.4 Å². The third kappa shape index (κ3) is 3.56. The molecule has 2 aromatic heterocycles. The van der Waals surface area contributed by atoms with Crippen LogP contribution in [0.5, 0.6) is 0 Å². The lowest BCUT2D eigenvalue weighted by atomic mass is 10.2. The summed E-state index contributed by atoms with van der Waals surface area (Å²) in [6, 6.07) is 2.38. The van der Waals surface area contributed by atoms with E-state index in [9.17, 15) is 4.79 Å². The highest BCUT2D eigenvalue weighted by atomic mass is 16.1. The van der Waals surface area contributed by atoms with E-state index in [-0.39, 0.29) is 5.91 Å². The Morgan fingerprint density at radius 1 is 1.30 bits per heavy atom. The molecule has 7 heteroatoms. The van der Waals surface area contributed by atoms with Gasteiger partial charge < -0.3 is 5.32 Å². The van der Waals surface area contributed by atoms with Crippen LogP contribution >= 0.6 is 0 Å². The van der Waals surface area contributed by atoms with Crippen LogP contribution in [0.4, 0.5) is 0 Å². The number of carbonyl (C=O) groups is 1. The largest absolute Gasteiger partial charge is 0.345 e. The molecule has 0 spiro atoms. The second-order valence-electron chi connectivity index (χ2n) is 6.14. The van der Waals surface area contributed by atoms with Gasteiger partial charge in [0.25, 0.3) is 5.91 Å². The van der Waals surface area contributed by atoms with Crippen LogP contribution in [0.15, 0.2) is 18.5 Å². The van der Waals surface area contributed by atoms with Gasteiger partial charge in [-0.1, -0.05) is 0 Å². The van der Waals surface area contributed by atoms with Crippen molar-refractivity contribution < 1.29 is 4.79 Å². The van der Waals surface area contributed by atoms with Gasteiger partial charge in [0.2, 0.25) is 0 Å². The fraction of sp³-hybridized carbons (Fsp3) is 0.500. The molecule has 0 unspecified atom stereocenters. The summed E-state index contributed by atoms with van der Waals surface area (Å²) >= 11 is 0. The van der Waals surface area contributed by atoms with Crippen molar-refractivity contribution in [3.8, 4) is 0 Å². The van der Waals surface area contributed by atoms with Crippen LogP contribution in [0.2, 0.25) is 0 Å². The van der Waals surface area contributed by atoms with Crippen molar-refractivity contribution in [2.75, 3.05) is 6.54 Å². The van der Waals surface area contributed by atoms with Crippen molar-refractivity contribution in [3.05, 3.63) is 41.2 Å². The molecule has 2 aromatic rings. The van der Waals surface area contributed by atoms with Crippen molar-refractivity contribution in [2.24, 2.45) is 0 Å². The first-order valence-corrected chi connectivity index (χ1v) is 7.89. The van der Waals surface area contributed by atoms with Gasteiger partial charge in [0.1, 0.15) is 0 Å². The highest BCUT2D eigenvalue weighted by molar-refractivity contribution is 5.92. The Kier molecular flexibility index (Phi) is 4.38. The lowest BCUT2D eigenvalue weighted by Crippen LogP contribution is -2.38. The Morgan fingerprint density at radius 2 is 2.13 bits per heavy atom. The van der Waals surface area contributed by atoms with Crippen LogP contribution < -0.4 is 5.32 Å². The molecule has 3 heterocycles. The zero-order valence-electron chi connectivity index (χ0n) is 13.8. The number of amides is 1. The van der Waals surface area contributed by atoms with Crippen LogP contribution in [0, 0.1) is 6.92 Å². The Balaban J connectivity index is 1.63. The number of aryl methyl sites for hydroxylation is 1. The van der Waals surface area contributed by atoms with Gasteiger partial charge in [-0.05, 0) is 26.8 Å². The second-order valence-corrected chi connectivity index (χ2v) is 6.14. The lowest BCUT2D eigenvalue weighted by Gasteiger charge is -2.30. The van der Waals surface area contributed by atoms with Crippen molar-refractivity contribution >= 4 is 5.91 Å². The summed E-state index contributed by atoms with van der Waals surface area (Å²) < 4.78 is 1.93. The van der Waals surface area contributed by atoms with E-state index >= 15 is 0 Å². The Morgan fingerprint density at radius 3 is 2.83 bits per heavy atom. The van der Waals surface area contributed by atoms with Crippen molar-refractivity contribution in [3.63, 3.8) is 0 Å². The number of hydrogen-bond acceptors (Lipinski definition) is 5. The average Bonchev–Trinajstić information content (AvgIpc) is 2.97. The quantitative estimate of drug-likeness (QED) is 0.916. The zero-order chi connectivity index (χ0) is 16.4. The molecule has 0 saturated carbocycles. The van der Waals surface area contributed by atoms with Crippen LogP contribution in [-0.4, -0.2) is 43.1 Å². The van der Waals surface area contributed by atoms with Crippen molar-refractivity contribution in [1.82, 2.24) is 30.0 Å². The van der Waals surface area contributed by atoms with Crippen LogP contribution in [0.25, 0.3) is 0 Å². The first kappa shape index (κ1) is 15.6. The Hall–Kier alpha value is -2.28. The fourth-order valence-electron chi connectivity index (χ4n) is 2.61. The number of carbonyl (C=O) groups excluding carboxylic acids is 1. The lowest BCUT2D eigenvalue weighted by molar-refractivity contribution is 0.0944. The average molecular weight is 314 g/mol. The Labute approximate surface area is 135 Å². The molecule has 7 nitrogen and oxygen atoms in total. The molecule has 1 amide bonds. The number of aromatic nitrogens is 4. The summed E-state index contributed by atoms with van der Waals surface area (Å²) in [4.78, 5) is 23.0. The monoisotopic (exact) mass is 314 g/mol.